The van der Waals surface area contributed by atoms with Crippen molar-refractivity contribution in [3.05, 3.63) is 0 Å². The predicted octanol–water partition coefficient (Wildman–Crippen LogP) is -4.40. The van der Waals surface area contributed by atoms with Crippen LogP contribution in [0.3, 0.4) is 0 Å². The molecule has 0 aromatic rings. The van der Waals surface area contributed by atoms with Crippen LogP contribution < -0.4 is 0 Å². The number of carboxylic acid groups (broad SMARTS) is 2. The Bertz CT molecular complexity index is 435. The van der Waals surface area contributed by atoms with Crippen LogP contribution in [0.4, 0.5) is 0 Å². The van der Waals surface area contributed by atoms with Crippen LogP contribution >= 0.6 is 0 Å². The Hall–Kier alpha value is -1.46. The molecule has 32 heavy (non-hydrogen) atoms. The van der Waals surface area contributed by atoms with Crippen LogP contribution in [-0.2, 0) is 9.59 Å². The summed E-state index contributed by atoms with van der Waals surface area (Å²) in [5, 5.41) is 104. The summed E-state index contributed by atoms with van der Waals surface area (Å²) in [7, 11) is 0. The van der Waals surface area contributed by atoms with Crippen molar-refractivity contribution in [3.8, 4) is 0 Å². The number of hydrogen-bond donors (Lipinski definition) is 12. The highest BCUT2D eigenvalue weighted by Crippen LogP contribution is 2.05. The van der Waals surface area contributed by atoms with Crippen molar-refractivity contribution < 1.29 is 70.9 Å². The molecule has 0 saturated heterocycles. The van der Waals surface area contributed by atoms with Gasteiger partial charge in [-0.3, -0.25) is 0 Å². The van der Waals surface area contributed by atoms with E-state index in [1.54, 1.807) is 0 Å². The van der Waals surface area contributed by atoms with Crippen molar-refractivity contribution in [1.82, 2.24) is 0 Å². The highest BCUT2D eigenvalue weighted by atomic mass is 16.4. The van der Waals surface area contributed by atoms with Crippen molar-refractivity contribution in [2.24, 2.45) is 0 Å². The number of unbranched alkanes of at least 4 members (excludes halogenated alkanes) is 3. The number of carbonyl (C=O) groups is 2. The molecule has 194 valence electrons. The molecule has 0 aromatic carbocycles. The molecule has 0 aliphatic carbocycles. The summed E-state index contributed by atoms with van der Waals surface area (Å²) < 4.78 is 0. The van der Waals surface area contributed by atoms with Gasteiger partial charge >= 0.3 is 11.9 Å². The van der Waals surface area contributed by atoms with Crippen molar-refractivity contribution >= 4 is 11.9 Å². The second-order valence-electron chi connectivity index (χ2n) is 6.74. The van der Waals surface area contributed by atoms with Crippen molar-refractivity contribution in [2.45, 2.75) is 88.4 Å². The van der Waals surface area contributed by atoms with E-state index in [-0.39, 0.29) is 0 Å². The van der Waals surface area contributed by atoms with Crippen LogP contribution in [0.25, 0.3) is 0 Å². The molecule has 0 amide bonds. The van der Waals surface area contributed by atoms with E-state index in [1.165, 1.54) is 25.7 Å². The van der Waals surface area contributed by atoms with Crippen molar-refractivity contribution in [1.29, 1.82) is 0 Å². The Balaban J connectivity index is -0.000000422. The van der Waals surface area contributed by atoms with Gasteiger partial charge in [0.15, 0.2) is 12.2 Å². The normalized spacial score (nSPS) is 18.2. The summed E-state index contributed by atoms with van der Waals surface area (Å²) in [6.45, 7) is 2.78. The number of carboxylic acids is 2. The maximum absolute atomic E-state index is 10.1. The smallest absolute Gasteiger partial charge is 0.335 e. The zero-order chi connectivity index (χ0) is 26.0. The highest BCUT2D eigenvalue weighted by molar-refractivity contribution is 5.73. The minimum atomic E-state index is -2.20. The third kappa shape index (κ3) is 15.4. The largest absolute Gasteiger partial charge is 0.479 e. The number of aliphatic carboxylic acids is 2. The summed E-state index contributed by atoms with van der Waals surface area (Å²) in [6.07, 6.45) is -10.1. The van der Waals surface area contributed by atoms with Crippen LogP contribution in [0, 0.1) is 0 Å². The Morgan fingerprint density at radius 1 is 0.562 bits per heavy atom. The van der Waals surface area contributed by atoms with Crippen molar-refractivity contribution in [3.63, 3.8) is 0 Å². The zero-order valence-corrected chi connectivity index (χ0v) is 18.0. The molecule has 14 heteroatoms. The summed E-state index contributed by atoms with van der Waals surface area (Å²) in [4.78, 5) is 20.2. The van der Waals surface area contributed by atoms with Gasteiger partial charge in [-0.25, -0.2) is 9.59 Å². The molecule has 0 aromatic heterocycles. The quantitative estimate of drug-likeness (QED) is 0.111. The maximum atomic E-state index is 10.1. The lowest BCUT2D eigenvalue weighted by Crippen LogP contribution is -2.48. The zero-order valence-electron chi connectivity index (χ0n) is 18.0. The fourth-order valence-electron chi connectivity index (χ4n) is 1.84. The molecular formula is C18H38O14. The predicted molar refractivity (Wildman–Crippen MR) is 107 cm³/mol. The van der Waals surface area contributed by atoms with Gasteiger partial charge in [0.1, 0.15) is 36.6 Å². The fourth-order valence-corrected chi connectivity index (χ4v) is 1.84. The Morgan fingerprint density at radius 3 is 0.969 bits per heavy atom. The van der Waals surface area contributed by atoms with Crippen LogP contribution in [0.1, 0.15) is 39.5 Å². The molecular weight excluding hydrogens is 440 g/mol. The standard InChI is InChI=1S/2C6H12O7.C6H14/c2*7-1-2(8)3(9)4(10)5(11)6(12)13;1-3-5-6-4-2/h2*2-5,7-11H,1H2,(H,12,13);3-6H2,1-2H3/t2*2-,3-,4+,5-;/m11./s1. The molecule has 0 fully saturated rings. The Morgan fingerprint density at radius 2 is 0.812 bits per heavy atom. The lowest BCUT2D eigenvalue weighted by atomic mass is 10.0. The van der Waals surface area contributed by atoms with E-state index in [9.17, 15) is 9.59 Å². The highest BCUT2D eigenvalue weighted by Gasteiger charge is 2.34. The molecule has 0 saturated carbocycles. The third-order valence-corrected chi connectivity index (χ3v) is 3.97. The first kappa shape index (κ1) is 35.1. The molecule has 0 radical (unpaired) electrons. The van der Waals surface area contributed by atoms with Gasteiger partial charge in [-0.2, -0.15) is 0 Å². The van der Waals surface area contributed by atoms with E-state index in [4.69, 9.17) is 61.3 Å². The molecule has 12 N–H and O–H groups in total. The SMILES string of the molecule is CCCCCC.O=C(O)[C@H](O)[C@@H](O)[C@H](O)[C@H](O)CO.O=C(O)[C@H](O)[C@@H](O)[C@H](O)[C@H](O)CO. The molecule has 14 nitrogen and oxygen atoms in total. The first-order chi connectivity index (χ1) is 14.7. The van der Waals surface area contributed by atoms with Crippen LogP contribution in [0.15, 0.2) is 0 Å². The molecule has 0 rings (SSSR count). The Kier molecular flexibility index (Phi) is 22.1. The molecule has 0 heterocycles. The van der Waals surface area contributed by atoms with Gasteiger partial charge in [0.05, 0.1) is 13.2 Å². The van der Waals surface area contributed by atoms with Crippen LogP contribution in [0.5, 0.6) is 0 Å². The lowest BCUT2D eigenvalue weighted by molar-refractivity contribution is -0.164. The van der Waals surface area contributed by atoms with Gasteiger partial charge < -0.3 is 61.3 Å². The summed E-state index contributed by atoms with van der Waals surface area (Å²) in [6, 6.07) is 0. The maximum Gasteiger partial charge on any atom is 0.335 e. The minimum absolute atomic E-state index is 0.843. The van der Waals surface area contributed by atoms with E-state index in [2.05, 4.69) is 13.8 Å². The summed E-state index contributed by atoms with van der Waals surface area (Å²) >= 11 is 0. The second-order valence-corrected chi connectivity index (χ2v) is 6.74. The topological polar surface area (TPSA) is 277 Å². The number of aliphatic hydroxyl groups excluding tert-OH is 10. The average Bonchev–Trinajstić information content (AvgIpc) is 2.78. The minimum Gasteiger partial charge on any atom is -0.479 e. The fraction of sp³-hybridized carbons (Fsp3) is 0.889. The van der Waals surface area contributed by atoms with Gasteiger partial charge in [-0.1, -0.05) is 39.5 Å². The molecule has 0 unspecified atom stereocenters. The van der Waals surface area contributed by atoms with E-state index in [0.29, 0.717) is 0 Å². The van der Waals surface area contributed by atoms with Gasteiger partial charge in [0.2, 0.25) is 0 Å². The Labute approximate surface area is 185 Å². The molecule has 0 bridgehead atoms. The van der Waals surface area contributed by atoms with E-state index < -0.39 is 74.0 Å². The molecule has 8 atom stereocenters. The first-order valence-corrected chi connectivity index (χ1v) is 9.86. The van der Waals surface area contributed by atoms with Crippen molar-refractivity contribution in [2.75, 3.05) is 13.2 Å². The van der Waals surface area contributed by atoms with Gasteiger partial charge in [0, 0.05) is 0 Å². The van der Waals surface area contributed by atoms with Gasteiger partial charge in [-0.15, -0.1) is 0 Å². The van der Waals surface area contributed by atoms with Gasteiger partial charge in [-0.05, 0) is 0 Å². The summed E-state index contributed by atoms with van der Waals surface area (Å²) in [5.74, 6) is -3.45. The third-order valence-electron chi connectivity index (χ3n) is 3.97. The lowest BCUT2D eigenvalue weighted by Gasteiger charge is -2.23. The monoisotopic (exact) mass is 478 g/mol. The van der Waals surface area contributed by atoms with E-state index >= 15 is 0 Å². The summed E-state index contributed by atoms with van der Waals surface area (Å²) in [5.41, 5.74) is 0. The molecule has 0 spiro atoms. The van der Waals surface area contributed by atoms with E-state index in [1.807, 2.05) is 0 Å². The first-order valence-electron chi connectivity index (χ1n) is 9.86. The number of aliphatic hydroxyl groups is 10. The number of hydrogen-bond acceptors (Lipinski definition) is 12. The molecule has 0 aliphatic heterocycles. The molecule has 0 aliphatic rings. The van der Waals surface area contributed by atoms with Crippen LogP contribution in [-0.4, -0.2) is 135 Å². The van der Waals surface area contributed by atoms with E-state index in [0.717, 1.165) is 0 Å². The van der Waals surface area contributed by atoms with Crippen LogP contribution in [0.2, 0.25) is 0 Å². The number of rotatable bonds is 13. The second kappa shape index (κ2) is 20.2. The van der Waals surface area contributed by atoms with Gasteiger partial charge in [0.25, 0.3) is 0 Å². The average molecular weight is 478 g/mol.